The van der Waals surface area contributed by atoms with E-state index in [9.17, 15) is 4.79 Å². The van der Waals surface area contributed by atoms with Crippen molar-refractivity contribution in [2.45, 2.75) is 51.7 Å². The summed E-state index contributed by atoms with van der Waals surface area (Å²) >= 11 is 0. The minimum atomic E-state index is -0.403. The van der Waals surface area contributed by atoms with Crippen LogP contribution >= 0.6 is 0 Å². The van der Waals surface area contributed by atoms with Gasteiger partial charge >= 0.3 is 6.09 Å². The number of ether oxygens (including phenoxy) is 2. The van der Waals surface area contributed by atoms with Crippen LogP contribution in [-0.2, 0) is 9.47 Å². The zero-order valence-corrected chi connectivity index (χ0v) is 11.1. The number of nitrogens with zero attached hydrogens (tertiary/aromatic N) is 1. The van der Waals surface area contributed by atoms with Crippen molar-refractivity contribution >= 4 is 6.09 Å². The topological polar surface area (TPSA) is 38.8 Å². The van der Waals surface area contributed by atoms with Gasteiger partial charge in [0.05, 0.1) is 12.7 Å². The quantitative estimate of drug-likeness (QED) is 0.761. The summed E-state index contributed by atoms with van der Waals surface area (Å²) in [6.45, 7) is 8.07. The minimum Gasteiger partial charge on any atom is -0.444 e. The molecule has 17 heavy (non-hydrogen) atoms. The third kappa shape index (κ3) is 4.19. The maximum atomic E-state index is 11.8. The molecule has 1 aliphatic heterocycles. The van der Waals surface area contributed by atoms with Crippen molar-refractivity contribution in [1.29, 1.82) is 0 Å². The molecule has 1 saturated carbocycles. The molecule has 2 rings (SSSR count). The number of hydrogen-bond acceptors (Lipinski definition) is 3. The molecule has 0 unspecified atom stereocenters. The molecule has 2 fully saturated rings. The molecule has 1 amide bonds. The molecule has 4 nitrogen and oxygen atoms in total. The summed E-state index contributed by atoms with van der Waals surface area (Å²) in [5.74, 6) is 0.489. The second kappa shape index (κ2) is 4.84. The summed E-state index contributed by atoms with van der Waals surface area (Å²) in [5.41, 5.74) is -0.403. The second-order valence-corrected chi connectivity index (χ2v) is 6.11. The van der Waals surface area contributed by atoms with Gasteiger partial charge in [-0.05, 0) is 40.0 Å². The van der Waals surface area contributed by atoms with Gasteiger partial charge in [0.1, 0.15) is 5.60 Å². The number of likely N-dealkylation sites (tertiary alicyclic amines) is 1. The third-order valence-corrected chi connectivity index (χ3v) is 3.03. The first-order valence-corrected chi connectivity index (χ1v) is 6.53. The average molecular weight is 241 g/mol. The van der Waals surface area contributed by atoms with E-state index in [-0.39, 0.29) is 6.09 Å². The molecule has 0 radical (unpaired) electrons. The first kappa shape index (κ1) is 12.7. The lowest BCUT2D eigenvalue weighted by atomic mass is 10.1. The number of rotatable bonds is 3. The Kier molecular flexibility index (Phi) is 3.61. The van der Waals surface area contributed by atoms with Crippen molar-refractivity contribution in [3.05, 3.63) is 0 Å². The van der Waals surface area contributed by atoms with Gasteiger partial charge in [-0.1, -0.05) is 0 Å². The van der Waals surface area contributed by atoms with Crippen molar-refractivity contribution in [2.24, 2.45) is 5.92 Å². The first-order chi connectivity index (χ1) is 7.94. The van der Waals surface area contributed by atoms with Crippen LogP contribution in [0.4, 0.5) is 4.79 Å². The van der Waals surface area contributed by atoms with Crippen LogP contribution in [0.15, 0.2) is 0 Å². The van der Waals surface area contributed by atoms with Crippen LogP contribution < -0.4 is 0 Å². The van der Waals surface area contributed by atoms with Gasteiger partial charge < -0.3 is 14.4 Å². The number of hydrogen-bond donors (Lipinski definition) is 0. The fraction of sp³-hybridized carbons (Fsp3) is 0.923. The minimum absolute atomic E-state index is 0.188. The molecule has 0 spiro atoms. The van der Waals surface area contributed by atoms with Gasteiger partial charge in [0.2, 0.25) is 0 Å². The lowest BCUT2D eigenvalue weighted by molar-refractivity contribution is 0.0271. The second-order valence-electron chi connectivity index (χ2n) is 6.11. The Bertz CT molecular complexity index is 281. The Morgan fingerprint density at radius 2 is 2.00 bits per heavy atom. The van der Waals surface area contributed by atoms with E-state index in [0.29, 0.717) is 12.0 Å². The standard InChI is InChI=1S/C13H23NO3/c1-13(2,3)17-12(15)14-7-6-10(8-14)9-16-11-4-5-11/h10-11H,4-9H2,1-3H3/t10-/m0/s1. The van der Waals surface area contributed by atoms with Crippen LogP contribution in [0.3, 0.4) is 0 Å². The summed E-state index contributed by atoms with van der Waals surface area (Å²) < 4.78 is 11.0. The van der Waals surface area contributed by atoms with E-state index in [0.717, 1.165) is 26.1 Å². The molecule has 0 bridgehead atoms. The highest BCUT2D eigenvalue weighted by molar-refractivity contribution is 5.68. The lowest BCUT2D eigenvalue weighted by Gasteiger charge is -2.24. The zero-order chi connectivity index (χ0) is 12.5. The summed E-state index contributed by atoms with van der Waals surface area (Å²) in [5, 5.41) is 0. The molecule has 1 atom stereocenters. The fourth-order valence-corrected chi connectivity index (χ4v) is 1.97. The summed E-state index contributed by atoms with van der Waals surface area (Å²) in [6, 6.07) is 0. The van der Waals surface area contributed by atoms with Crippen LogP contribution in [0.1, 0.15) is 40.0 Å². The Morgan fingerprint density at radius 3 is 2.59 bits per heavy atom. The Hall–Kier alpha value is -0.770. The monoisotopic (exact) mass is 241 g/mol. The van der Waals surface area contributed by atoms with E-state index in [4.69, 9.17) is 9.47 Å². The molecule has 1 aliphatic carbocycles. The van der Waals surface area contributed by atoms with E-state index < -0.39 is 5.60 Å². The largest absolute Gasteiger partial charge is 0.444 e. The molecule has 2 aliphatic rings. The molecule has 4 heteroatoms. The van der Waals surface area contributed by atoms with Crippen LogP contribution in [-0.4, -0.2) is 42.4 Å². The van der Waals surface area contributed by atoms with E-state index in [1.54, 1.807) is 4.90 Å². The maximum absolute atomic E-state index is 11.8. The molecular formula is C13H23NO3. The van der Waals surface area contributed by atoms with Gasteiger partial charge in [-0.25, -0.2) is 4.79 Å². The van der Waals surface area contributed by atoms with E-state index in [2.05, 4.69) is 0 Å². The molecule has 0 aromatic rings. The van der Waals surface area contributed by atoms with Gasteiger partial charge in [0.25, 0.3) is 0 Å². The lowest BCUT2D eigenvalue weighted by Crippen LogP contribution is -2.35. The molecule has 0 aromatic carbocycles. The highest BCUT2D eigenvalue weighted by Crippen LogP contribution is 2.26. The van der Waals surface area contributed by atoms with Crippen LogP contribution in [0.2, 0.25) is 0 Å². The third-order valence-electron chi connectivity index (χ3n) is 3.03. The van der Waals surface area contributed by atoms with Gasteiger partial charge in [-0.15, -0.1) is 0 Å². The molecule has 98 valence electrons. The van der Waals surface area contributed by atoms with Crippen LogP contribution in [0, 0.1) is 5.92 Å². The van der Waals surface area contributed by atoms with Crippen molar-refractivity contribution in [3.8, 4) is 0 Å². The van der Waals surface area contributed by atoms with Gasteiger partial charge in [-0.2, -0.15) is 0 Å². The van der Waals surface area contributed by atoms with Crippen LogP contribution in [0.5, 0.6) is 0 Å². The SMILES string of the molecule is CC(C)(C)OC(=O)N1CC[C@H](COC2CC2)C1. The zero-order valence-electron chi connectivity index (χ0n) is 11.1. The molecule has 1 saturated heterocycles. The van der Waals surface area contributed by atoms with E-state index >= 15 is 0 Å². The smallest absolute Gasteiger partial charge is 0.410 e. The van der Waals surface area contributed by atoms with Crippen molar-refractivity contribution in [3.63, 3.8) is 0 Å². The highest BCUT2D eigenvalue weighted by atomic mass is 16.6. The number of carbonyl (C=O) groups excluding carboxylic acids is 1. The Labute approximate surface area is 103 Å². The van der Waals surface area contributed by atoms with Crippen molar-refractivity contribution in [2.75, 3.05) is 19.7 Å². The summed E-state index contributed by atoms with van der Waals surface area (Å²) in [6.07, 6.45) is 3.77. The molecular weight excluding hydrogens is 218 g/mol. The van der Waals surface area contributed by atoms with Crippen LogP contribution in [0.25, 0.3) is 0 Å². The summed E-state index contributed by atoms with van der Waals surface area (Å²) in [7, 11) is 0. The predicted octanol–water partition coefficient (Wildman–Crippen LogP) is 2.42. The number of amides is 1. The van der Waals surface area contributed by atoms with E-state index in [1.807, 2.05) is 20.8 Å². The van der Waals surface area contributed by atoms with Gasteiger partial charge in [0.15, 0.2) is 0 Å². The van der Waals surface area contributed by atoms with E-state index in [1.165, 1.54) is 12.8 Å². The summed E-state index contributed by atoms with van der Waals surface area (Å²) in [4.78, 5) is 13.6. The van der Waals surface area contributed by atoms with Crippen molar-refractivity contribution in [1.82, 2.24) is 4.90 Å². The average Bonchev–Trinajstić information content (AvgIpc) is 2.90. The normalized spacial score (nSPS) is 25.1. The highest BCUT2D eigenvalue weighted by Gasteiger charge is 2.31. The molecule has 1 heterocycles. The van der Waals surface area contributed by atoms with Crippen molar-refractivity contribution < 1.29 is 14.3 Å². The first-order valence-electron chi connectivity index (χ1n) is 6.53. The molecule has 0 N–H and O–H groups in total. The molecule has 0 aromatic heterocycles. The van der Waals surface area contributed by atoms with Gasteiger partial charge in [0, 0.05) is 19.0 Å². The Balaban J connectivity index is 1.70. The predicted molar refractivity (Wildman–Crippen MR) is 64.9 cm³/mol. The van der Waals surface area contributed by atoms with Gasteiger partial charge in [-0.3, -0.25) is 0 Å². The maximum Gasteiger partial charge on any atom is 0.410 e. The number of carbonyl (C=O) groups is 1. The fourth-order valence-electron chi connectivity index (χ4n) is 1.97. The Morgan fingerprint density at radius 1 is 1.29 bits per heavy atom.